The molecule has 104 valence electrons. The van der Waals surface area contributed by atoms with Crippen molar-refractivity contribution >= 4 is 11.6 Å². The summed E-state index contributed by atoms with van der Waals surface area (Å²) in [6, 6.07) is 4.50. The Bertz CT molecular complexity index is 707. The Balaban J connectivity index is 2.32. The molecule has 0 bridgehead atoms. The molecule has 0 aliphatic heterocycles. The lowest BCUT2D eigenvalue weighted by Crippen LogP contribution is -2.17. The number of hydrogen-bond donors (Lipinski definition) is 2. The minimum absolute atomic E-state index is 0.294. The third kappa shape index (κ3) is 2.85. The van der Waals surface area contributed by atoms with Crippen LogP contribution in [0.4, 0.5) is 5.69 Å². The van der Waals surface area contributed by atoms with E-state index in [0.29, 0.717) is 28.4 Å². The molecule has 2 N–H and O–H groups in total. The Hall–Kier alpha value is -2.63. The molecule has 0 unspecified atom stereocenters. The maximum Gasteiger partial charge on any atom is 0.256 e. The van der Waals surface area contributed by atoms with Gasteiger partial charge >= 0.3 is 0 Å². The van der Waals surface area contributed by atoms with Gasteiger partial charge in [-0.2, -0.15) is 0 Å². The van der Waals surface area contributed by atoms with Crippen LogP contribution in [0.3, 0.4) is 0 Å². The first kappa shape index (κ1) is 13.8. The van der Waals surface area contributed by atoms with E-state index in [4.69, 9.17) is 4.74 Å². The highest BCUT2D eigenvalue weighted by atomic mass is 16.5. The number of carbonyl (C=O) groups is 1. The number of aromatic amines is 1. The van der Waals surface area contributed by atoms with Gasteiger partial charge in [-0.1, -0.05) is 0 Å². The van der Waals surface area contributed by atoms with Crippen molar-refractivity contribution in [2.24, 2.45) is 0 Å². The predicted octanol–water partition coefficient (Wildman–Crippen LogP) is 1.65. The molecular weight excluding hydrogens is 258 g/mol. The summed E-state index contributed by atoms with van der Waals surface area (Å²) < 4.78 is 5.22. The SMILES string of the molecule is COc1c(NC(=O)c2cc(C)[nH]c(=O)c2)ccnc1C. The zero-order valence-corrected chi connectivity index (χ0v) is 11.5. The van der Waals surface area contributed by atoms with Crippen LogP contribution in [0, 0.1) is 13.8 Å². The fourth-order valence-corrected chi connectivity index (χ4v) is 1.92. The molecule has 0 atom stereocenters. The Kier molecular flexibility index (Phi) is 3.84. The average molecular weight is 273 g/mol. The van der Waals surface area contributed by atoms with E-state index in [-0.39, 0.29) is 11.5 Å². The van der Waals surface area contributed by atoms with E-state index in [2.05, 4.69) is 15.3 Å². The number of nitrogens with zero attached hydrogens (tertiary/aromatic N) is 1. The first-order valence-corrected chi connectivity index (χ1v) is 6.03. The van der Waals surface area contributed by atoms with Crippen LogP contribution in [-0.2, 0) is 0 Å². The Labute approximate surface area is 115 Å². The summed E-state index contributed by atoms with van der Waals surface area (Å²) in [4.78, 5) is 30.2. The van der Waals surface area contributed by atoms with Gasteiger partial charge in [-0.05, 0) is 26.0 Å². The van der Waals surface area contributed by atoms with Gasteiger partial charge in [-0.15, -0.1) is 0 Å². The summed E-state index contributed by atoms with van der Waals surface area (Å²) in [5.74, 6) is 0.130. The second-order valence-electron chi connectivity index (χ2n) is 4.35. The number of nitrogens with one attached hydrogen (secondary N) is 2. The molecule has 2 heterocycles. The van der Waals surface area contributed by atoms with Crippen LogP contribution < -0.4 is 15.6 Å². The van der Waals surface area contributed by atoms with Gasteiger partial charge in [0.2, 0.25) is 5.56 Å². The zero-order chi connectivity index (χ0) is 14.7. The van der Waals surface area contributed by atoms with Gasteiger partial charge in [0.1, 0.15) is 0 Å². The van der Waals surface area contributed by atoms with Crippen LogP contribution in [0.1, 0.15) is 21.7 Å². The maximum absolute atomic E-state index is 12.2. The summed E-state index contributed by atoms with van der Waals surface area (Å²) in [6.07, 6.45) is 1.58. The van der Waals surface area contributed by atoms with E-state index >= 15 is 0 Å². The number of rotatable bonds is 3. The summed E-state index contributed by atoms with van der Waals surface area (Å²) in [7, 11) is 1.51. The Morgan fingerprint density at radius 2 is 2.10 bits per heavy atom. The molecule has 0 radical (unpaired) electrons. The molecular formula is C14H15N3O3. The molecule has 0 aliphatic rings. The van der Waals surface area contributed by atoms with Gasteiger partial charge in [-0.3, -0.25) is 14.6 Å². The Morgan fingerprint density at radius 1 is 1.35 bits per heavy atom. The summed E-state index contributed by atoms with van der Waals surface area (Å²) in [5, 5.41) is 2.72. The van der Waals surface area contributed by atoms with Gasteiger partial charge in [-0.25, -0.2) is 0 Å². The minimum atomic E-state index is -0.372. The molecule has 0 spiro atoms. The van der Waals surface area contributed by atoms with Crippen LogP contribution in [0.25, 0.3) is 0 Å². The molecule has 1 amide bonds. The van der Waals surface area contributed by atoms with Gasteiger partial charge in [0.05, 0.1) is 18.5 Å². The molecule has 0 aliphatic carbocycles. The van der Waals surface area contributed by atoms with Gasteiger partial charge in [0.15, 0.2) is 5.75 Å². The van der Waals surface area contributed by atoms with Gasteiger partial charge < -0.3 is 15.0 Å². The van der Waals surface area contributed by atoms with Crippen molar-refractivity contribution in [3.63, 3.8) is 0 Å². The molecule has 2 aromatic rings. The number of ether oxygens (including phenoxy) is 1. The van der Waals surface area contributed by atoms with Gasteiger partial charge in [0, 0.05) is 23.5 Å². The summed E-state index contributed by atoms with van der Waals surface area (Å²) >= 11 is 0. The molecule has 2 rings (SSSR count). The monoisotopic (exact) mass is 273 g/mol. The number of hydrogen-bond acceptors (Lipinski definition) is 4. The van der Waals surface area contributed by atoms with Crippen LogP contribution in [0.15, 0.2) is 29.2 Å². The number of aryl methyl sites for hydroxylation is 2. The fourth-order valence-electron chi connectivity index (χ4n) is 1.92. The van der Waals surface area contributed by atoms with E-state index in [0.717, 1.165) is 0 Å². The zero-order valence-electron chi connectivity index (χ0n) is 11.5. The van der Waals surface area contributed by atoms with E-state index in [1.165, 1.54) is 13.2 Å². The maximum atomic E-state index is 12.2. The van der Waals surface area contributed by atoms with Crippen LogP contribution in [0.5, 0.6) is 5.75 Å². The fraction of sp³-hybridized carbons (Fsp3) is 0.214. The number of carbonyl (C=O) groups excluding carboxylic acids is 1. The van der Waals surface area contributed by atoms with Crippen molar-refractivity contribution in [3.8, 4) is 5.75 Å². The average Bonchev–Trinajstić information content (AvgIpc) is 2.37. The topological polar surface area (TPSA) is 84.1 Å². The first-order valence-electron chi connectivity index (χ1n) is 6.03. The Morgan fingerprint density at radius 3 is 2.75 bits per heavy atom. The molecule has 0 saturated heterocycles. The highest BCUT2D eigenvalue weighted by molar-refractivity contribution is 6.05. The minimum Gasteiger partial charge on any atom is -0.493 e. The van der Waals surface area contributed by atoms with Crippen LogP contribution >= 0.6 is 0 Å². The number of pyridine rings is 2. The van der Waals surface area contributed by atoms with Crippen molar-refractivity contribution in [1.82, 2.24) is 9.97 Å². The van der Waals surface area contributed by atoms with Crippen molar-refractivity contribution in [2.45, 2.75) is 13.8 Å². The number of aromatic nitrogens is 2. The highest BCUT2D eigenvalue weighted by Crippen LogP contribution is 2.26. The number of amides is 1. The third-order valence-corrected chi connectivity index (χ3v) is 2.78. The number of methoxy groups -OCH3 is 1. The molecule has 2 aromatic heterocycles. The van der Waals surface area contributed by atoms with E-state index < -0.39 is 0 Å². The quantitative estimate of drug-likeness (QED) is 0.890. The van der Waals surface area contributed by atoms with E-state index in [1.54, 1.807) is 32.2 Å². The molecule has 0 saturated carbocycles. The molecule has 0 fully saturated rings. The van der Waals surface area contributed by atoms with Gasteiger partial charge in [0.25, 0.3) is 5.91 Å². The first-order chi connectivity index (χ1) is 9.51. The van der Waals surface area contributed by atoms with E-state index in [1.807, 2.05) is 0 Å². The van der Waals surface area contributed by atoms with Crippen molar-refractivity contribution in [3.05, 3.63) is 51.7 Å². The summed E-state index contributed by atoms with van der Waals surface area (Å²) in [5.41, 5.74) is 1.80. The summed E-state index contributed by atoms with van der Waals surface area (Å²) in [6.45, 7) is 3.50. The lowest BCUT2D eigenvalue weighted by molar-refractivity contribution is 0.102. The van der Waals surface area contributed by atoms with Crippen LogP contribution in [0.2, 0.25) is 0 Å². The van der Waals surface area contributed by atoms with Crippen molar-refractivity contribution in [1.29, 1.82) is 0 Å². The predicted molar refractivity (Wildman–Crippen MR) is 75.3 cm³/mol. The van der Waals surface area contributed by atoms with Crippen LogP contribution in [-0.4, -0.2) is 23.0 Å². The van der Waals surface area contributed by atoms with Crippen molar-refractivity contribution in [2.75, 3.05) is 12.4 Å². The number of H-pyrrole nitrogens is 1. The third-order valence-electron chi connectivity index (χ3n) is 2.78. The number of anilines is 1. The molecule has 20 heavy (non-hydrogen) atoms. The molecule has 6 heteroatoms. The van der Waals surface area contributed by atoms with E-state index in [9.17, 15) is 9.59 Å². The normalized spacial score (nSPS) is 10.2. The second-order valence-corrected chi connectivity index (χ2v) is 4.35. The highest BCUT2D eigenvalue weighted by Gasteiger charge is 2.12. The lowest BCUT2D eigenvalue weighted by atomic mass is 10.2. The smallest absolute Gasteiger partial charge is 0.256 e. The molecule has 6 nitrogen and oxygen atoms in total. The standard InChI is InChI=1S/C14H15N3O3/c1-8-6-10(7-12(18)16-8)14(19)17-11-4-5-15-9(2)13(11)20-3/h4-7H,1-3H3,(H,16,18)(H,15,17,19). The lowest BCUT2D eigenvalue weighted by Gasteiger charge is -2.11. The van der Waals surface area contributed by atoms with Crippen molar-refractivity contribution < 1.29 is 9.53 Å². The largest absolute Gasteiger partial charge is 0.493 e. The molecule has 0 aromatic carbocycles. The second kappa shape index (κ2) is 5.56.